The van der Waals surface area contributed by atoms with Gasteiger partial charge in [0.05, 0.1) is 0 Å². The summed E-state index contributed by atoms with van der Waals surface area (Å²) in [7, 11) is 0. The number of oxazole rings is 1. The van der Waals surface area contributed by atoms with Crippen molar-refractivity contribution < 1.29 is 4.42 Å². The molecule has 0 aliphatic heterocycles. The zero-order valence-corrected chi connectivity index (χ0v) is 25.2. The number of hydrogen-bond donors (Lipinski definition) is 0. The smallest absolute Gasteiger partial charge is 0.227 e. The van der Waals surface area contributed by atoms with E-state index in [1.165, 1.54) is 38.4 Å². The van der Waals surface area contributed by atoms with Gasteiger partial charge in [0.1, 0.15) is 5.52 Å². The van der Waals surface area contributed by atoms with Crippen LogP contribution in [-0.2, 0) is 5.41 Å². The molecular formula is C42H30N2O. The van der Waals surface area contributed by atoms with Gasteiger partial charge in [-0.05, 0) is 111 Å². The third-order valence-corrected chi connectivity index (χ3v) is 9.41. The summed E-state index contributed by atoms with van der Waals surface area (Å²) in [5, 5.41) is 4.80. The van der Waals surface area contributed by atoms with Crippen LogP contribution in [0.1, 0.15) is 25.0 Å². The molecule has 1 heterocycles. The van der Waals surface area contributed by atoms with E-state index in [-0.39, 0.29) is 5.41 Å². The van der Waals surface area contributed by atoms with E-state index in [1.54, 1.807) is 0 Å². The first kappa shape index (κ1) is 25.8. The van der Waals surface area contributed by atoms with Crippen molar-refractivity contribution >= 4 is 49.7 Å². The van der Waals surface area contributed by atoms with Crippen LogP contribution in [0.5, 0.6) is 0 Å². The number of nitrogens with zero attached hydrogens (tertiary/aromatic N) is 2. The van der Waals surface area contributed by atoms with Gasteiger partial charge in [-0.25, -0.2) is 4.98 Å². The van der Waals surface area contributed by atoms with Gasteiger partial charge in [-0.2, -0.15) is 0 Å². The third-order valence-electron chi connectivity index (χ3n) is 9.41. The van der Waals surface area contributed by atoms with Gasteiger partial charge in [0.25, 0.3) is 0 Å². The van der Waals surface area contributed by atoms with E-state index in [4.69, 9.17) is 9.40 Å². The van der Waals surface area contributed by atoms with Crippen molar-refractivity contribution in [3.63, 3.8) is 0 Å². The van der Waals surface area contributed by atoms with Gasteiger partial charge in [0.15, 0.2) is 5.58 Å². The predicted molar refractivity (Wildman–Crippen MR) is 187 cm³/mol. The van der Waals surface area contributed by atoms with Crippen LogP contribution in [0.25, 0.3) is 55.2 Å². The van der Waals surface area contributed by atoms with Crippen LogP contribution >= 0.6 is 0 Å². The zero-order chi connectivity index (χ0) is 30.1. The van der Waals surface area contributed by atoms with Crippen molar-refractivity contribution in [1.29, 1.82) is 0 Å². The summed E-state index contributed by atoms with van der Waals surface area (Å²) in [5.74, 6) is 0.656. The van der Waals surface area contributed by atoms with E-state index in [0.29, 0.717) is 5.89 Å². The highest BCUT2D eigenvalue weighted by atomic mass is 16.3. The van der Waals surface area contributed by atoms with Crippen LogP contribution in [-0.4, -0.2) is 4.98 Å². The molecular weight excluding hydrogens is 548 g/mol. The Morgan fingerprint density at radius 1 is 0.556 bits per heavy atom. The Kier molecular flexibility index (Phi) is 5.54. The van der Waals surface area contributed by atoms with E-state index in [0.717, 1.165) is 39.1 Å². The minimum absolute atomic E-state index is 0.192. The summed E-state index contributed by atoms with van der Waals surface area (Å²) in [6, 6.07) is 51.8. The second-order valence-electron chi connectivity index (χ2n) is 12.4. The Hall–Kier alpha value is -5.67. The molecule has 0 atom stereocenters. The summed E-state index contributed by atoms with van der Waals surface area (Å²) in [6.45, 7) is 4.71. The normalized spacial score (nSPS) is 13.3. The first-order chi connectivity index (χ1) is 22.1. The van der Waals surface area contributed by atoms with Crippen molar-refractivity contribution in [2.75, 3.05) is 4.90 Å². The molecule has 0 amide bonds. The Morgan fingerprint density at radius 3 is 1.93 bits per heavy atom. The SMILES string of the molecule is CC1(C)c2cc3cc(N(c4ccccc4)c4ccccc4)ccc3cc2-c2ccc3c(ccc4nc(-c5ccccc5)oc43)c21. The Balaban J connectivity index is 1.20. The van der Waals surface area contributed by atoms with Crippen molar-refractivity contribution in [2.24, 2.45) is 0 Å². The number of aromatic nitrogens is 1. The quantitative estimate of drug-likeness (QED) is 0.208. The summed E-state index contributed by atoms with van der Waals surface area (Å²) in [5.41, 5.74) is 11.2. The number of rotatable bonds is 4. The minimum Gasteiger partial charge on any atom is -0.435 e. The highest BCUT2D eigenvalue weighted by molar-refractivity contribution is 6.09. The summed E-state index contributed by atoms with van der Waals surface area (Å²) >= 11 is 0. The highest BCUT2D eigenvalue weighted by Gasteiger charge is 2.37. The lowest BCUT2D eigenvalue weighted by molar-refractivity contribution is 0.623. The lowest BCUT2D eigenvalue weighted by atomic mass is 9.79. The summed E-state index contributed by atoms with van der Waals surface area (Å²) in [6.07, 6.45) is 0. The number of benzene rings is 7. The molecule has 0 saturated carbocycles. The maximum absolute atomic E-state index is 6.43. The molecule has 0 spiro atoms. The van der Waals surface area contributed by atoms with Crippen molar-refractivity contribution in [3.05, 3.63) is 157 Å². The predicted octanol–water partition coefficient (Wildman–Crippen LogP) is 11.6. The van der Waals surface area contributed by atoms with Crippen molar-refractivity contribution in [3.8, 4) is 22.6 Å². The Bertz CT molecular complexity index is 2350. The molecule has 3 heteroatoms. The number of fused-ring (bicyclic) bond motifs is 8. The molecule has 0 fully saturated rings. The van der Waals surface area contributed by atoms with E-state index in [1.807, 2.05) is 30.3 Å². The molecule has 1 aromatic heterocycles. The van der Waals surface area contributed by atoms with Gasteiger partial charge in [-0.1, -0.05) is 86.6 Å². The van der Waals surface area contributed by atoms with E-state index < -0.39 is 0 Å². The molecule has 9 rings (SSSR count). The number of hydrogen-bond acceptors (Lipinski definition) is 3. The fourth-order valence-corrected chi connectivity index (χ4v) is 7.29. The molecule has 8 aromatic rings. The average Bonchev–Trinajstić information content (AvgIpc) is 3.62. The lowest BCUT2D eigenvalue weighted by Gasteiger charge is -2.26. The second-order valence-corrected chi connectivity index (χ2v) is 12.4. The van der Waals surface area contributed by atoms with Crippen LogP contribution in [0.4, 0.5) is 17.1 Å². The first-order valence-electron chi connectivity index (χ1n) is 15.5. The van der Waals surface area contributed by atoms with Gasteiger partial charge in [0.2, 0.25) is 5.89 Å². The van der Waals surface area contributed by atoms with Crippen molar-refractivity contribution in [2.45, 2.75) is 19.3 Å². The maximum atomic E-state index is 6.43. The summed E-state index contributed by atoms with van der Waals surface area (Å²) in [4.78, 5) is 7.16. The summed E-state index contributed by atoms with van der Waals surface area (Å²) < 4.78 is 6.43. The maximum Gasteiger partial charge on any atom is 0.227 e. The molecule has 0 radical (unpaired) electrons. The molecule has 1 aliphatic carbocycles. The molecule has 45 heavy (non-hydrogen) atoms. The minimum atomic E-state index is -0.192. The van der Waals surface area contributed by atoms with Gasteiger partial charge < -0.3 is 9.32 Å². The topological polar surface area (TPSA) is 29.3 Å². The van der Waals surface area contributed by atoms with Crippen LogP contribution in [0.2, 0.25) is 0 Å². The van der Waals surface area contributed by atoms with Gasteiger partial charge >= 0.3 is 0 Å². The molecule has 1 aliphatic rings. The molecule has 214 valence electrons. The number of anilines is 3. The standard InChI is InChI=1S/C42H30N2O/c1-42(2)37-26-29-24-32(44(30-14-8-4-9-15-30)31-16-10-5-11-17-31)19-18-28(29)25-36(37)34-20-21-35-33(39(34)42)22-23-38-40(35)45-41(43-38)27-12-6-3-7-13-27/h3-26H,1-2H3. The molecule has 0 unspecified atom stereocenters. The molecule has 0 saturated heterocycles. The largest absolute Gasteiger partial charge is 0.435 e. The van der Waals surface area contributed by atoms with Crippen LogP contribution in [0.15, 0.2) is 150 Å². The zero-order valence-electron chi connectivity index (χ0n) is 25.2. The fraction of sp³-hybridized carbons (Fsp3) is 0.0714. The van der Waals surface area contributed by atoms with Crippen LogP contribution < -0.4 is 4.90 Å². The highest BCUT2D eigenvalue weighted by Crippen LogP contribution is 2.53. The second kappa shape index (κ2) is 9.67. The Morgan fingerprint density at radius 2 is 1.22 bits per heavy atom. The lowest BCUT2D eigenvalue weighted by Crippen LogP contribution is -2.15. The van der Waals surface area contributed by atoms with Gasteiger partial charge in [0, 0.05) is 33.4 Å². The first-order valence-corrected chi connectivity index (χ1v) is 15.5. The van der Waals surface area contributed by atoms with Crippen LogP contribution in [0, 0.1) is 0 Å². The van der Waals surface area contributed by atoms with Gasteiger partial charge in [-0.15, -0.1) is 0 Å². The molecule has 0 N–H and O–H groups in total. The molecule has 7 aromatic carbocycles. The number of para-hydroxylation sites is 2. The monoisotopic (exact) mass is 578 g/mol. The molecule has 0 bridgehead atoms. The third kappa shape index (κ3) is 3.94. The van der Waals surface area contributed by atoms with E-state index in [9.17, 15) is 0 Å². The van der Waals surface area contributed by atoms with E-state index in [2.05, 4.69) is 134 Å². The van der Waals surface area contributed by atoms with Crippen LogP contribution in [0.3, 0.4) is 0 Å². The molecule has 3 nitrogen and oxygen atoms in total. The Labute approximate surface area is 262 Å². The van der Waals surface area contributed by atoms with Gasteiger partial charge in [-0.3, -0.25) is 0 Å². The average molecular weight is 579 g/mol. The van der Waals surface area contributed by atoms with E-state index >= 15 is 0 Å². The van der Waals surface area contributed by atoms with Crippen molar-refractivity contribution in [1.82, 2.24) is 4.98 Å². The fourth-order valence-electron chi connectivity index (χ4n) is 7.29.